The Morgan fingerprint density at radius 1 is 1.34 bits per heavy atom. The molecule has 0 aliphatic rings. The van der Waals surface area contributed by atoms with E-state index in [4.69, 9.17) is 13.5 Å². The normalized spacial score (nSPS) is 12.1. The molecule has 9 nitrogen and oxygen atoms in total. The van der Waals surface area contributed by atoms with Gasteiger partial charge >= 0.3 is 13.3 Å². The average Bonchev–Trinajstić information content (AvgIpc) is 3.33. The predicted octanol–water partition coefficient (Wildman–Crippen LogP) is 5.53. The number of nitrogens with zero attached hydrogens (tertiary/aromatic N) is 3. The zero-order chi connectivity index (χ0) is 23.6. The third kappa shape index (κ3) is 4.26. The Bertz CT molecular complexity index is 1210. The standard InChI is InChI=1S/C21H25FN3O6P/c1-6-14-11-15(22)20(25(26)27)18-19(14)24(12-13(4)5)21(23-18)16-9-10-17(31-16)32(28,29-7-2)30-8-3/h6,9-11,13H,1,7-8,12H2,2-5H3. The molecule has 1 aromatic carbocycles. The number of aromatic nitrogens is 2. The van der Waals surface area contributed by atoms with E-state index in [0.717, 1.165) is 6.07 Å². The van der Waals surface area contributed by atoms with Crippen LogP contribution in [0.5, 0.6) is 0 Å². The van der Waals surface area contributed by atoms with Crippen LogP contribution in [0.15, 0.2) is 29.2 Å². The van der Waals surface area contributed by atoms with Gasteiger partial charge in [-0.1, -0.05) is 26.5 Å². The molecule has 2 heterocycles. The van der Waals surface area contributed by atoms with Crippen LogP contribution >= 0.6 is 7.60 Å². The molecule has 0 spiro atoms. The number of imidazole rings is 1. The van der Waals surface area contributed by atoms with E-state index < -0.39 is 24.0 Å². The quantitative estimate of drug-likeness (QED) is 0.220. The van der Waals surface area contributed by atoms with E-state index in [-0.39, 0.29) is 41.7 Å². The molecule has 0 atom stereocenters. The summed E-state index contributed by atoms with van der Waals surface area (Å²) in [7, 11) is -3.68. The maximum atomic E-state index is 14.5. The maximum absolute atomic E-state index is 14.5. The van der Waals surface area contributed by atoms with E-state index >= 15 is 0 Å². The van der Waals surface area contributed by atoms with Crippen molar-refractivity contribution >= 4 is 35.9 Å². The number of furan rings is 1. The highest BCUT2D eigenvalue weighted by molar-refractivity contribution is 7.61. The summed E-state index contributed by atoms with van der Waals surface area (Å²) < 4.78 is 45.8. The van der Waals surface area contributed by atoms with Crippen LogP contribution in [0.25, 0.3) is 28.7 Å². The van der Waals surface area contributed by atoms with Crippen LogP contribution in [0.1, 0.15) is 33.3 Å². The van der Waals surface area contributed by atoms with Gasteiger partial charge in [0.05, 0.1) is 23.7 Å². The molecule has 0 unspecified atom stereocenters. The third-order valence-corrected chi connectivity index (χ3v) is 6.58. The minimum absolute atomic E-state index is 0.0102. The second-order valence-corrected chi connectivity index (χ2v) is 9.32. The van der Waals surface area contributed by atoms with Gasteiger partial charge in [0.2, 0.25) is 11.3 Å². The molecular formula is C21H25FN3O6P. The first-order valence-electron chi connectivity index (χ1n) is 10.2. The average molecular weight is 465 g/mol. The van der Waals surface area contributed by atoms with Crippen LogP contribution < -0.4 is 5.50 Å². The van der Waals surface area contributed by atoms with Crippen molar-refractivity contribution in [3.63, 3.8) is 0 Å². The van der Waals surface area contributed by atoms with Gasteiger partial charge in [-0.3, -0.25) is 14.7 Å². The summed E-state index contributed by atoms with van der Waals surface area (Å²) in [5, 5.41) is 11.6. The number of nitro benzene ring substituents is 1. The Morgan fingerprint density at radius 3 is 2.53 bits per heavy atom. The van der Waals surface area contributed by atoms with Gasteiger partial charge in [-0.25, -0.2) is 4.98 Å². The van der Waals surface area contributed by atoms with Crippen molar-refractivity contribution in [2.75, 3.05) is 13.2 Å². The van der Waals surface area contributed by atoms with Gasteiger partial charge in [0.25, 0.3) is 0 Å². The molecule has 0 saturated carbocycles. The lowest BCUT2D eigenvalue weighted by Crippen LogP contribution is -2.09. The number of hydrogen-bond donors (Lipinski definition) is 0. The number of hydrogen-bond acceptors (Lipinski definition) is 7. The molecule has 0 aliphatic carbocycles. The largest absolute Gasteiger partial charge is 0.445 e. The summed E-state index contributed by atoms with van der Waals surface area (Å²) in [5.41, 5.74) is -0.119. The highest BCUT2D eigenvalue weighted by Gasteiger charge is 2.33. The fourth-order valence-corrected chi connectivity index (χ4v) is 4.93. The van der Waals surface area contributed by atoms with Crippen molar-refractivity contribution in [1.82, 2.24) is 9.55 Å². The molecule has 0 aliphatic heterocycles. The number of halogens is 1. The number of rotatable bonds is 10. The number of benzene rings is 1. The van der Waals surface area contributed by atoms with Crippen molar-refractivity contribution in [3.8, 4) is 11.6 Å². The van der Waals surface area contributed by atoms with Crippen molar-refractivity contribution in [1.29, 1.82) is 0 Å². The second kappa shape index (κ2) is 9.36. The summed E-state index contributed by atoms with van der Waals surface area (Å²) in [6, 6.07) is 4.07. The lowest BCUT2D eigenvalue weighted by Gasteiger charge is -2.14. The van der Waals surface area contributed by atoms with Crippen molar-refractivity contribution in [2.24, 2.45) is 5.92 Å². The second-order valence-electron chi connectivity index (χ2n) is 7.37. The summed E-state index contributed by atoms with van der Waals surface area (Å²) in [4.78, 5) is 15.2. The zero-order valence-corrected chi connectivity index (χ0v) is 19.2. The smallest absolute Gasteiger partial charge is 0.396 e. The Kier molecular flexibility index (Phi) is 6.97. The first-order chi connectivity index (χ1) is 15.2. The minimum Gasteiger partial charge on any atom is -0.445 e. The number of fused-ring (bicyclic) bond motifs is 1. The van der Waals surface area contributed by atoms with Crippen molar-refractivity contribution in [3.05, 3.63) is 46.3 Å². The van der Waals surface area contributed by atoms with E-state index in [2.05, 4.69) is 11.6 Å². The van der Waals surface area contributed by atoms with Gasteiger partial charge < -0.3 is 18.0 Å². The summed E-state index contributed by atoms with van der Waals surface area (Å²) >= 11 is 0. The van der Waals surface area contributed by atoms with Crippen LogP contribution in [0.2, 0.25) is 0 Å². The van der Waals surface area contributed by atoms with Gasteiger partial charge in [0.1, 0.15) is 0 Å². The first-order valence-corrected chi connectivity index (χ1v) is 11.7. The Labute approximate surface area is 184 Å². The Balaban J connectivity index is 2.31. The maximum Gasteiger partial charge on any atom is 0.396 e. The summed E-state index contributed by atoms with van der Waals surface area (Å²) in [6.45, 7) is 11.7. The lowest BCUT2D eigenvalue weighted by molar-refractivity contribution is -0.385. The van der Waals surface area contributed by atoms with E-state index in [9.17, 15) is 19.1 Å². The molecular weight excluding hydrogens is 440 g/mol. The molecule has 3 rings (SSSR count). The first kappa shape index (κ1) is 23.8. The highest BCUT2D eigenvalue weighted by atomic mass is 31.2. The molecule has 0 radical (unpaired) electrons. The fourth-order valence-electron chi connectivity index (χ4n) is 3.46. The SMILES string of the molecule is C=Cc1cc(F)c([N+](=O)[O-])c2nc(-c3ccc(P(=O)(OCC)OCC)o3)n(CC(C)C)c12. The Hall–Kier alpha value is -2.81. The number of nitro groups is 1. The van der Waals surface area contributed by atoms with Crippen LogP contribution in [0.3, 0.4) is 0 Å². The fraction of sp³-hybridized carbons (Fsp3) is 0.381. The topological polar surface area (TPSA) is 110 Å². The van der Waals surface area contributed by atoms with Crippen LogP contribution in [-0.4, -0.2) is 27.7 Å². The lowest BCUT2D eigenvalue weighted by atomic mass is 10.1. The minimum atomic E-state index is -3.68. The van der Waals surface area contributed by atoms with Gasteiger partial charge in [-0.2, -0.15) is 4.39 Å². The molecule has 2 aromatic heterocycles. The molecule has 0 fully saturated rings. The van der Waals surface area contributed by atoms with Crippen molar-refractivity contribution < 1.29 is 27.3 Å². The van der Waals surface area contributed by atoms with Crippen LogP contribution in [0.4, 0.5) is 10.1 Å². The van der Waals surface area contributed by atoms with E-state index in [1.165, 1.54) is 18.2 Å². The van der Waals surface area contributed by atoms with Gasteiger partial charge in [-0.05, 0) is 38.0 Å². The molecule has 0 bridgehead atoms. The van der Waals surface area contributed by atoms with Crippen LogP contribution in [0, 0.1) is 21.8 Å². The molecule has 0 saturated heterocycles. The van der Waals surface area contributed by atoms with Gasteiger partial charge in [0, 0.05) is 12.1 Å². The van der Waals surface area contributed by atoms with E-state index in [1.807, 2.05) is 13.8 Å². The monoisotopic (exact) mass is 465 g/mol. The molecule has 11 heteroatoms. The third-order valence-electron chi connectivity index (χ3n) is 4.60. The summed E-state index contributed by atoms with van der Waals surface area (Å²) in [6.07, 6.45) is 1.42. The molecule has 0 N–H and O–H groups in total. The van der Waals surface area contributed by atoms with Gasteiger partial charge in [0.15, 0.2) is 17.1 Å². The predicted molar refractivity (Wildman–Crippen MR) is 119 cm³/mol. The van der Waals surface area contributed by atoms with Gasteiger partial charge in [-0.15, -0.1) is 0 Å². The molecule has 3 aromatic rings. The van der Waals surface area contributed by atoms with Crippen LogP contribution in [-0.2, 0) is 20.2 Å². The summed E-state index contributed by atoms with van der Waals surface area (Å²) in [5.74, 6) is -0.451. The van der Waals surface area contributed by atoms with Crippen molar-refractivity contribution in [2.45, 2.75) is 34.2 Å². The zero-order valence-electron chi connectivity index (χ0n) is 18.3. The van der Waals surface area contributed by atoms with E-state index in [0.29, 0.717) is 17.6 Å². The Morgan fingerprint density at radius 2 is 2.00 bits per heavy atom. The highest BCUT2D eigenvalue weighted by Crippen LogP contribution is 2.48. The van der Waals surface area contributed by atoms with E-state index in [1.54, 1.807) is 18.4 Å². The molecule has 172 valence electrons. The molecule has 32 heavy (non-hydrogen) atoms. The molecule has 0 amide bonds.